The number of hydrogen-bond acceptors (Lipinski definition) is 5. The van der Waals surface area contributed by atoms with Gasteiger partial charge in [-0.05, 0) is 37.1 Å². The van der Waals surface area contributed by atoms with E-state index in [0.29, 0.717) is 24.9 Å². The lowest BCUT2D eigenvalue weighted by Gasteiger charge is -2.35. The van der Waals surface area contributed by atoms with Gasteiger partial charge in [0.15, 0.2) is 0 Å². The van der Waals surface area contributed by atoms with Gasteiger partial charge in [0, 0.05) is 51.9 Å². The Balaban J connectivity index is 1.58. The van der Waals surface area contributed by atoms with Crippen LogP contribution in [-0.4, -0.2) is 69.0 Å². The summed E-state index contributed by atoms with van der Waals surface area (Å²) in [5.74, 6) is -0.182. The molecule has 1 aromatic carbocycles. The van der Waals surface area contributed by atoms with Crippen LogP contribution in [0.3, 0.4) is 0 Å². The van der Waals surface area contributed by atoms with Gasteiger partial charge in [0.05, 0.1) is 11.0 Å². The van der Waals surface area contributed by atoms with Crippen molar-refractivity contribution in [3.63, 3.8) is 0 Å². The number of nitrogens with zero attached hydrogens (tertiary/aromatic N) is 2. The first-order valence-electron chi connectivity index (χ1n) is 8.67. The molecule has 7 nitrogen and oxygen atoms in total. The topological polar surface area (TPSA) is 79.0 Å². The zero-order valence-corrected chi connectivity index (χ0v) is 15.3. The van der Waals surface area contributed by atoms with Crippen LogP contribution in [0.4, 0.5) is 5.69 Å². The van der Waals surface area contributed by atoms with Crippen molar-refractivity contribution in [1.82, 2.24) is 9.21 Å². The van der Waals surface area contributed by atoms with Crippen molar-refractivity contribution in [2.75, 3.05) is 44.6 Å². The van der Waals surface area contributed by atoms with Gasteiger partial charge in [0.25, 0.3) is 0 Å². The van der Waals surface area contributed by atoms with Crippen LogP contribution in [0.2, 0.25) is 0 Å². The highest BCUT2D eigenvalue weighted by molar-refractivity contribution is 7.89. The van der Waals surface area contributed by atoms with Crippen molar-refractivity contribution in [2.45, 2.75) is 30.8 Å². The molecular weight excluding hydrogens is 342 g/mol. The average Bonchev–Trinajstić information content (AvgIpc) is 3.08. The van der Waals surface area contributed by atoms with Gasteiger partial charge < -0.3 is 10.1 Å². The lowest BCUT2D eigenvalue weighted by atomic mass is 10.2. The molecule has 0 radical (unpaired) electrons. The van der Waals surface area contributed by atoms with Crippen molar-refractivity contribution in [2.24, 2.45) is 0 Å². The summed E-state index contributed by atoms with van der Waals surface area (Å²) in [6.07, 6.45) is 2.51. The van der Waals surface area contributed by atoms with Crippen LogP contribution in [0, 0.1) is 0 Å². The maximum Gasteiger partial charge on any atom is 0.243 e. The predicted molar refractivity (Wildman–Crippen MR) is 94.9 cm³/mol. The fourth-order valence-electron chi connectivity index (χ4n) is 3.29. The number of amides is 1. The quantitative estimate of drug-likeness (QED) is 0.844. The maximum absolute atomic E-state index is 12.8. The molecule has 2 aliphatic rings. The third kappa shape index (κ3) is 4.58. The number of anilines is 1. The summed E-state index contributed by atoms with van der Waals surface area (Å²) in [7, 11) is -3.50. The molecule has 3 rings (SSSR count). The molecule has 1 aromatic rings. The van der Waals surface area contributed by atoms with Crippen molar-refractivity contribution < 1.29 is 17.9 Å². The van der Waals surface area contributed by atoms with E-state index in [9.17, 15) is 13.2 Å². The normalized spacial score (nSPS) is 22.8. The molecule has 0 bridgehead atoms. The Morgan fingerprint density at radius 3 is 2.44 bits per heavy atom. The van der Waals surface area contributed by atoms with Gasteiger partial charge in [0.1, 0.15) is 0 Å². The number of carbonyl (C=O) groups is 1. The van der Waals surface area contributed by atoms with E-state index < -0.39 is 10.0 Å². The van der Waals surface area contributed by atoms with E-state index in [1.807, 2.05) is 0 Å². The highest BCUT2D eigenvalue weighted by Gasteiger charge is 2.29. The molecule has 2 fully saturated rings. The minimum Gasteiger partial charge on any atom is -0.377 e. The monoisotopic (exact) mass is 367 g/mol. The maximum atomic E-state index is 12.8. The number of nitrogens with one attached hydrogen (secondary N) is 1. The van der Waals surface area contributed by atoms with Crippen molar-refractivity contribution >= 4 is 21.6 Å². The molecule has 0 spiro atoms. The van der Waals surface area contributed by atoms with Crippen LogP contribution in [0.5, 0.6) is 0 Å². The molecule has 0 saturated carbocycles. The van der Waals surface area contributed by atoms with Crippen LogP contribution >= 0.6 is 0 Å². The number of hydrogen-bond donors (Lipinski definition) is 1. The van der Waals surface area contributed by atoms with E-state index in [-0.39, 0.29) is 10.8 Å². The van der Waals surface area contributed by atoms with Crippen molar-refractivity contribution in [3.8, 4) is 0 Å². The van der Waals surface area contributed by atoms with Gasteiger partial charge in [0.2, 0.25) is 15.9 Å². The second kappa shape index (κ2) is 7.82. The summed E-state index contributed by atoms with van der Waals surface area (Å²) in [5.41, 5.74) is 0.591. The van der Waals surface area contributed by atoms with Gasteiger partial charge in [-0.2, -0.15) is 4.31 Å². The molecular formula is C17H25N3O4S. The Kier molecular flexibility index (Phi) is 5.73. The standard InChI is InChI=1S/C17H25N3O4S/c1-14(21)18-15-4-6-17(7-5-15)25(22,23)20-10-8-19(9-11-20)13-16-3-2-12-24-16/h4-7,16H,2-3,8-13H2,1H3,(H,18,21). The van der Waals surface area contributed by atoms with E-state index in [4.69, 9.17) is 4.74 Å². The zero-order chi connectivity index (χ0) is 17.9. The van der Waals surface area contributed by atoms with Gasteiger partial charge in [-0.3, -0.25) is 9.69 Å². The molecule has 1 amide bonds. The second-order valence-electron chi connectivity index (χ2n) is 6.55. The summed E-state index contributed by atoms with van der Waals surface area (Å²) in [6, 6.07) is 6.31. The first-order valence-corrected chi connectivity index (χ1v) is 10.1. The number of sulfonamides is 1. The van der Waals surface area contributed by atoms with Gasteiger partial charge >= 0.3 is 0 Å². The van der Waals surface area contributed by atoms with Crippen LogP contribution in [0.25, 0.3) is 0 Å². The molecule has 2 aliphatic heterocycles. The number of carbonyl (C=O) groups excluding carboxylic acids is 1. The van der Waals surface area contributed by atoms with Crippen molar-refractivity contribution in [1.29, 1.82) is 0 Å². The van der Waals surface area contributed by atoms with Gasteiger partial charge in [-0.25, -0.2) is 8.42 Å². The Morgan fingerprint density at radius 1 is 1.20 bits per heavy atom. The smallest absolute Gasteiger partial charge is 0.243 e. The molecule has 2 saturated heterocycles. The zero-order valence-electron chi connectivity index (χ0n) is 14.5. The fraction of sp³-hybridized carbons (Fsp3) is 0.588. The van der Waals surface area contributed by atoms with Crippen LogP contribution < -0.4 is 5.32 Å². The summed E-state index contributed by atoms with van der Waals surface area (Å²) < 4.78 is 32.7. The van der Waals surface area contributed by atoms with Crippen LogP contribution in [0.15, 0.2) is 29.2 Å². The number of piperazine rings is 1. The number of ether oxygens (including phenoxy) is 1. The summed E-state index contributed by atoms with van der Waals surface area (Å²) in [4.78, 5) is 13.6. The predicted octanol–water partition coefficient (Wildman–Crippen LogP) is 1.13. The molecule has 1 unspecified atom stereocenters. The average molecular weight is 367 g/mol. The second-order valence-corrected chi connectivity index (χ2v) is 8.48. The van der Waals surface area contributed by atoms with Gasteiger partial charge in [-0.15, -0.1) is 0 Å². The Morgan fingerprint density at radius 2 is 1.88 bits per heavy atom. The summed E-state index contributed by atoms with van der Waals surface area (Å²) in [6.45, 7) is 5.57. The minimum atomic E-state index is -3.50. The molecule has 2 heterocycles. The highest BCUT2D eigenvalue weighted by Crippen LogP contribution is 2.21. The van der Waals surface area contributed by atoms with Crippen LogP contribution in [0.1, 0.15) is 19.8 Å². The molecule has 1 atom stereocenters. The van der Waals surface area contributed by atoms with E-state index >= 15 is 0 Å². The number of rotatable bonds is 5. The van der Waals surface area contributed by atoms with E-state index in [2.05, 4.69) is 10.2 Å². The first kappa shape index (κ1) is 18.3. The lowest BCUT2D eigenvalue weighted by molar-refractivity contribution is -0.114. The highest BCUT2D eigenvalue weighted by atomic mass is 32.2. The van der Waals surface area contributed by atoms with Crippen LogP contribution in [-0.2, 0) is 19.6 Å². The summed E-state index contributed by atoms with van der Waals surface area (Å²) >= 11 is 0. The first-order chi connectivity index (χ1) is 11.9. The molecule has 0 aromatic heterocycles. The summed E-state index contributed by atoms with van der Waals surface area (Å²) in [5, 5.41) is 2.64. The lowest BCUT2D eigenvalue weighted by Crippen LogP contribution is -2.50. The molecule has 1 N–H and O–H groups in total. The van der Waals surface area contributed by atoms with E-state index in [1.54, 1.807) is 24.3 Å². The Hall–Kier alpha value is -1.48. The third-order valence-electron chi connectivity index (χ3n) is 4.63. The van der Waals surface area contributed by atoms with E-state index in [0.717, 1.165) is 39.1 Å². The Bertz CT molecular complexity index is 691. The minimum absolute atomic E-state index is 0.182. The molecule has 138 valence electrons. The number of benzene rings is 1. The van der Waals surface area contributed by atoms with Crippen molar-refractivity contribution in [3.05, 3.63) is 24.3 Å². The largest absolute Gasteiger partial charge is 0.377 e. The SMILES string of the molecule is CC(=O)Nc1ccc(S(=O)(=O)N2CCN(CC3CCCO3)CC2)cc1. The molecule has 0 aliphatic carbocycles. The van der Waals surface area contributed by atoms with Gasteiger partial charge in [-0.1, -0.05) is 0 Å². The molecule has 25 heavy (non-hydrogen) atoms. The Labute approximate surface area is 149 Å². The van der Waals surface area contributed by atoms with E-state index in [1.165, 1.54) is 11.2 Å². The molecule has 8 heteroatoms. The third-order valence-corrected chi connectivity index (χ3v) is 6.54. The fourth-order valence-corrected chi connectivity index (χ4v) is 4.71.